The van der Waals surface area contributed by atoms with E-state index in [4.69, 9.17) is 0 Å². The van der Waals surface area contributed by atoms with Crippen LogP contribution in [0.1, 0.15) is 73.1 Å². The largest absolute Gasteiger partial charge is 0.320 e. The Bertz CT molecular complexity index is 141. The number of hydrogen-bond acceptors (Lipinski definition) is 0. The van der Waals surface area contributed by atoms with Gasteiger partial charge < -0.3 is 4.48 Å². The molecule has 0 aliphatic heterocycles. The molecule has 0 aliphatic rings. The van der Waals surface area contributed by atoms with Crippen LogP contribution in [0.4, 0.5) is 0 Å². The van der Waals surface area contributed by atoms with Crippen molar-refractivity contribution in [2.24, 2.45) is 0 Å². The molecule has 0 rings (SSSR count). The van der Waals surface area contributed by atoms with Crippen LogP contribution in [-0.2, 0) is 0 Å². The van der Waals surface area contributed by atoms with Crippen molar-refractivity contribution in [3.63, 3.8) is 0 Å². The molecule has 1 nitrogen and oxygen atoms in total. The Morgan fingerprint density at radius 3 is 1.33 bits per heavy atom. The molecule has 0 aromatic carbocycles. The molecule has 0 amide bonds. The first kappa shape index (κ1) is 20.0. The van der Waals surface area contributed by atoms with Gasteiger partial charge in [-0.15, -0.1) is 0 Å². The van der Waals surface area contributed by atoms with Gasteiger partial charge in [-0.3, -0.25) is 0 Å². The smallest absolute Gasteiger partial charge is 0.0971 e. The van der Waals surface area contributed by atoms with E-state index in [-0.39, 0.29) is 0 Å². The summed E-state index contributed by atoms with van der Waals surface area (Å²) in [4.78, 5) is 0. The summed E-state index contributed by atoms with van der Waals surface area (Å²) in [6, 6.07) is 0. The highest BCUT2D eigenvalue weighted by atomic mass is 15.3. The molecule has 0 unspecified atom stereocenters. The van der Waals surface area contributed by atoms with Crippen LogP contribution in [0.5, 0.6) is 0 Å². The predicted molar refractivity (Wildman–Crippen MR) is 86.0 cm³/mol. The summed E-state index contributed by atoms with van der Waals surface area (Å²) >= 11 is 0. The zero-order valence-corrected chi connectivity index (χ0v) is 13.8. The molecular formula is C17H38N+. The van der Waals surface area contributed by atoms with Gasteiger partial charge in [0.05, 0.1) is 26.2 Å². The zero-order valence-electron chi connectivity index (χ0n) is 13.8. The number of nitrogens with zero attached hydrogens (tertiary/aromatic N) is 1. The van der Waals surface area contributed by atoms with Gasteiger partial charge >= 0.3 is 0 Å². The van der Waals surface area contributed by atoms with Gasteiger partial charge in [-0.1, -0.05) is 60.5 Å². The predicted octanol–water partition coefficient (Wildman–Crippen LogP) is 5.42. The molecule has 0 saturated carbocycles. The van der Waals surface area contributed by atoms with E-state index < -0.39 is 0 Å². The molecule has 0 fully saturated rings. The lowest BCUT2D eigenvalue weighted by molar-refractivity contribution is -0.923. The SMILES string of the molecule is C=CC[N+](CCCC)(CCCC)CCCC.CC. The molecule has 0 saturated heterocycles. The van der Waals surface area contributed by atoms with Crippen LogP contribution >= 0.6 is 0 Å². The topological polar surface area (TPSA) is 0 Å². The molecule has 0 radical (unpaired) electrons. The van der Waals surface area contributed by atoms with E-state index in [1.165, 1.54) is 69.2 Å². The van der Waals surface area contributed by atoms with Gasteiger partial charge in [-0.2, -0.15) is 0 Å². The summed E-state index contributed by atoms with van der Waals surface area (Å²) in [5.41, 5.74) is 0. The van der Waals surface area contributed by atoms with E-state index in [9.17, 15) is 0 Å². The first-order chi connectivity index (χ1) is 8.74. The normalized spacial score (nSPS) is 10.7. The van der Waals surface area contributed by atoms with Gasteiger partial charge in [-0.05, 0) is 25.3 Å². The van der Waals surface area contributed by atoms with Crippen molar-refractivity contribution in [1.82, 2.24) is 0 Å². The quantitative estimate of drug-likeness (QED) is 0.342. The van der Waals surface area contributed by atoms with Crippen molar-refractivity contribution in [3.05, 3.63) is 12.7 Å². The Morgan fingerprint density at radius 2 is 1.11 bits per heavy atom. The monoisotopic (exact) mass is 256 g/mol. The average Bonchev–Trinajstić information content (AvgIpc) is 2.43. The minimum Gasteiger partial charge on any atom is -0.320 e. The van der Waals surface area contributed by atoms with Gasteiger partial charge in [0, 0.05) is 0 Å². The number of unbranched alkanes of at least 4 members (excludes halogenated alkanes) is 3. The maximum Gasteiger partial charge on any atom is 0.0971 e. The number of rotatable bonds is 11. The number of quaternary nitrogens is 1. The maximum absolute atomic E-state index is 3.95. The van der Waals surface area contributed by atoms with Crippen LogP contribution in [0, 0.1) is 0 Å². The molecule has 0 bridgehead atoms. The van der Waals surface area contributed by atoms with Crippen molar-refractivity contribution >= 4 is 0 Å². The lowest BCUT2D eigenvalue weighted by Gasteiger charge is -2.38. The second-order valence-electron chi connectivity index (χ2n) is 5.04. The van der Waals surface area contributed by atoms with Crippen molar-refractivity contribution < 1.29 is 4.48 Å². The van der Waals surface area contributed by atoms with Crippen LogP contribution in [-0.4, -0.2) is 30.7 Å². The highest BCUT2D eigenvalue weighted by molar-refractivity contribution is 4.66. The minimum absolute atomic E-state index is 1.17. The summed E-state index contributed by atoms with van der Waals surface area (Å²) in [6.45, 7) is 20.1. The van der Waals surface area contributed by atoms with Crippen LogP contribution in [0.15, 0.2) is 12.7 Å². The minimum atomic E-state index is 1.17. The molecule has 110 valence electrons. The standard InChI is InChI=1S/C15H32N.C2H6/c1-5-9-13-16(12-8-4,14-10-6-2)15-11-7-3;1-2/h8H,4-7,9-15H2,1-3H3;1-2H3/q+1;. The van der Waals surface area contributed by atoms with Crippen LogP contribution < -0.4 is 0 Å². The van der Waals surface area contributed by atoms with Crippen LogP contribution in [0.25, 0.3) is 0 Å². The van der Waals surface area contributed by atoms with Crippen molar-refractivity contribution in [2.75, 3.05) is 26.2 Å². The fourth-order valence-corrected chi connectivity index (χ4v) is 2.36. The third kappa shape index (κ3) is 9.70. The Balaban J connectivity index is 0. The highest BCUT2D eigenvalue weighted by Crippen LogP contribution is 2.14. The molecule has 0 aliphatic carbocycles. The summed E-state index contributed by atoms with van der Waals surface area (Å²) < 4.78 is 1.29. The van der Waals surface area contributed by atoms with Crippen LogP contribution in [0.3, 0.4) is 0 Å². The van der Waals surface area contributed by atoms with Crippen molar-refractivity contribution in [2.45, 2.75) is 73.1 Å². The lowest BCUT2D eigenvalue weighted by atomic mass is 10.1. The van der Waals surface area contributed by atoms with E-state index in [1.807, 2.05) is 13.8 Å². The summed E-state index contributed by atoms with van der Waals surface area (Å²) in [5.74, 6) is 0. The third-order valence-corrected chi connectivity index (χ3v) is 3.47. The molecule has 18 heavy (non-hydrogen) atoms. The van der Waals surface area contributed by atoms with Gasteiger partial charge in [-0.25, -0.2) is 0 Å². The first-order valence-electron chi connectivity index (χ1n) is 8.20. The van der Waals surface area contributed by atoms with E-state index in [1.54, 1.807) is 0 Å². The summed E-state index contributed by atoms with van der Waals surface area (Å²) in [6.07, 6.45) is 10.2. The molecular weight excluding hydrogens is 218 g/mol. The molecule has 0 aromatic heterocycles. The van der Waals surface area contributed by atoms with Gasteiger partial charge in [0.25, 0.3) is 0 Å². The summed E-state index contributed by atoms with van der Waals surface area (Å²) in [5, 5.41) is 0. The Morgan fingerprint density at radius 1 is 0.778 bits per heavy atom. The zero-order chi connectivity index (χ0) is 14.3. The molecule has 0 N–H and O–H groups in total. The summed E-state index contributed by atoms with van der Waals surface area (Å²) in [7, 11) is 0. The molecule has 0 aromatic rings. The van der Waals surface area contributed by atoms with Gasteiger partial charge in [0.1, 0.15) is 0 Å². The van der Waals surface area contributed by atoms with Gasteiger partial charge in [0.2, 0.25) is 0 Å². The third-order valence-electron chi connectivity index (χ3n) is 3.47. The Hall–Kier alpha value is -0.300. The highest BCUT2D eigenvalue weighted by Gasteiger charge is 2.23. The Labute approximate surface area is 117 Å². The number of hydrogen-bond donors (Lipinski definition) is 0. The van der Waals surface area contributed by atoms with E-state index >= 15 is 0 Å². The Kier molecular flexibility index (Phi) is 16.4. The molecule has 0 heterocycles. The van der Waals surface area contributed by atoms with Crippen LogP contribution in [0.2, 0.25) is 0 Å². The second kappa shape index (κ2) is 14.8. The second-order valence-corrected chi connectivity index (χ2v) is 5.04. The maximum atomic E-state index is 3.95. The van der Waals surface area contributed by atoms with Crippen molar-refractivity contribution in [1.29, 1.82) is 0 Å². The fourth-order valence-electron chi connectivity index (χ4n) is 2.36. The molecule has 1 heteroatoms. The average molecular weight is 256 g/mol. The van der Waals surface area contributed by atoms with Crippen molar-refractivity contribution in [3.8, 4) is 0 Å². The van der Waals surface area contributed by atoms with E-state index in [0.717, 1.165) is 0 Å². The van der Waals surface area contributed by atoms with E-state index in [0.29, 0.717) is 0 Å². The van der Waals surface area contributed by atoms with Gasteiger partial charge in [0.15, 0.2) is 0 Å². The molecule has 0 atom stereocenters. The fraction of sp³-hybridized carbons (Fsp3) is 0.882. The van der Waals surface area contributed by atoms with E-state index in [2.05, 4.69) is 33.4 Å². The molecule has 0 spiro atoms. The first-order valence-corrected chi connectivity index (χ1v) is 8.20. The lowest BCUT2D eigenvalue weighted by Crippen LogP contribution is -2.50.